The number of likely N-dealkylation sites (tertiary alicyclic amines) is 1. The molecule has 0 radical (unpaired) electrons. The summed E-state index contributed by atoms with van der Waals surface area (Å²) in [7, 11) is 0. The van der Waals surface area contributed by atoms with Gasteiger partial charge in [0, 0.05) is 31.3 Å². The molecule has 5 rings (SSSR count). The number of rotatable bonds is 7. The number of terminal acetylenes is 1. The first-order chi connectivity index (χ1) is 17.0. The maximum atomic E-state index is 13.1. The van der Waals surface area contributed by atoms with E-state index in [9.17, 15) is 14.4 Å². The number of nitrogens with zero attached hydrogens (tertiary/aromatic N) is 4. The third-order valence-electron chi connectivity index (χ3n) is 7.56. The maximum absolute atomic E-state index is 13.1. The monoisotopic (exact) mass is 473 g/mol. The van der Waals surface area contributed by atoms with Crippen LogP contribution < -0.4 is 5.32 Å². The first kappa shape index (κ1) is 23.3. The van der Waals surface area contributed by atoms with Crippen LogP contribution >= 0.6 is 0 Å². The fraction of sp³-hybridized carbons (Fsp3) is 0.481. The average Bonchev–Trinajstić information content (AvgIpc) is 3.45. The summed E-state index contributed by atoms with van der Waals surface area (Å²) in [6.45, 7) is 4.53. The van der Waals surface area contributed by atoms with Crippen LogP contribution in [-0.2, 0) is 29.1 Å². The number of piperidine rings is 2. The van der Waals surface area contributed by atoms with Crippen molar-refractivity contribution in [1.82, 2.24) is 24.9 Å². The largest absolute Gasteiger partial charge is 0.322 e. The van der Waals surface area contributed by atoms with Gasteiger partial charge in [-0.3, -0.25) is 24.4 Å². The molecule has 35 heavy (non-hydrogen) atoms. The highest BCUT2D eigenvalue weighted by atomic mass is 16.2. The lowest BCUT2D eigenvalue weighted by Crippen LogP contribution is -2.52. The number of benzene rings is 1. The topological polar surface area (TPSA) is 87.5 Å². The molecule has 0 saturated carbocycles. The summed E-state index contributed by atoms with van der Waals surface area (Å²) in [5.74, 6) is 2.47. The number of aromatic nitrogens is 2. The van der Waals surface area contributed by atoms with Crippen LogP contribution in [0.15, 0.2) is 30.6 Å². The van der Waals surface area contributed by atoms with E-state index >= 15 is 0 Å². The Morgan fingerprint density at radius 2 is 1.94 bits per heavy atom. The van der Waals surface area contributed by atoms with Crippen LogP contribution in [0.2, 0.25) is 0 Å². The highest BCUT2D eigenvalue weighted by Crippen LogP contribution is 2.32. The van der Waals surface area contributed by atoms with Gasteiger partial charge in [-0.1, -0.05) is 18.1 Å². The molecular formula is C27H31N5O3. The minimum atomic E-state index is -0.566. The number of amides is 3. The number of hydrogen-bond donors (Lipinski definition) is 1. The molecule has 1 aromatic heterocycles. The number of carbonyl (C=O) groups excluding carboxylic acids is 3. The van der Waals surface area contributed by atoms with Gasteiger partial charge in [-0.2, -0.15) is 5.10 Å². The second-order valence-corrected chi connectivity index (χ2v) is 9.82. The Balaban J connectivity index is 1.14. The van der Waals surface area contributed by atoms with Crippen LogP contribution in [0, 0.1) is 18.3 Å². The molecule has 1 N–H and O–H groups in total. The molecule has 8 heteroatoms. The molecule has 0 aliphatic carbocycles. The van der Waals surface area contributed by atoms with Gasteiger partial charge in [0.25, 0.3) is 5.91 Å². The highest BCUT2D eigenvalue weighted by molar-refractivity contribution is 6.05. The van der Waals surface area contributed by atoms with Crippen molar-refractivity contribution in [2.24, 2.45) is 5.92 Å². The molecular weight excluding hydrogens is 442 g/mol. The van der Waals surface area contributed by atoms with E-state index < -0.39 is 6.04 Å². The zero-order chi connectivity index (χ0) is 24.4. The molecule has 3 aliphatic heterocycles. The SMILES string of the molecule is C#Cc1cnn(CCCN2CCC(Cc3cccc4c3CN(C3CCC(=O)NC3=O)C4=O)CC2)c1. The van der Waals surface area contributed by atoms with Crippen molar-refractivity contribution in [2.45, 2.75) is 57.7 Å². The van der Waals surface area contributed by atoms with Gasteiger partial charge in [0.15, 0.2) is 0 Å². The smallest absolute Gasteiger partial charge is 0.255 e. The number of fused-ring (bicyclic) bond motifs is 1. The molecule has 0 spiro atoms. The zero-order valence-corrected chi connectivity index (χ0v) is 19.9. The summed E-state index contributed by atoms with van der Waals surface area (Å²) < 4.78 is 1.91. The van der Waals surface area contributed by atoms with Crippen molar-refractivity contribution in [3.63, 3.8) is 0 Å². The van der Waals surface area contributed by atoms with Gasteiger partial charge in [0.2, 0.25) is 11.8 Å². The second-order valence-electron chi connectivity index (χ2n) is 9.82. The minimum Gasteiger partial charge on any atom is -0.322 e. The normalized spacial score (nSPS) is 21.2. The third kappa shape index (κ3) is 5.01. The lowest BCUT2D eigenvalue weighted by molar-refractivity contribution is -0.136. The van der Waals surface area contributed by atoms with Gasteiger partial charge in [0.05, 0.1) is 11.8 Å². The first-order valence-corrected chi connectivity index (χ1v) is 12.5. The molecule has 1 atom stereocenters. The number of nitrogens with one attached hydrogen (secondary N) is 1. The number of carbonyl (C=O) groups is 3. The van der Waals surface area contributed by atoms with E-state index in [2.05, 4.69) is 27.3 Å². The van der Waals surface area contributed by atoms with Crippen LogP contribution in [0.5, 0.6) is 0 Å². The molecule has 2 saturated heterocycles. The fourth-order valence-electron chi connectivity index (χ4n) is 5.58. The van der Waals surface area contributed by atoms with Crippen molar-refractivity contribution in [3.8, 4) is 12.3 Å². The summed E-state index contributed by atoms with van der Waals surface area (Å²) in [5.41, 5.74) is 3.79. The van der Waals surface area contributed by atoms with Crippen LogP contribution in [0.1, 0.15) is 59.2 Å². The van der Waals surface area contributed by atoms with Crippen molar-refractivity contribution in [1.29, 1.82) is 0 Å². The second kappa shape index (κ2) is 10.0. The van der Waals surface area contributed by atoms with E-state index in [4.69, 9.17) is 6.42 Å². The van der Waals surface area contributed by atoms with Crippen LogP contribution in [0.4, 0.5) is 0 Å². The van der Waals surface area contributed by atoms with E-state index in [0.29, 0.717) is 24.4 Å². The Kier molecular flexibility index (Phi) is 6.69. The van der Waals surface area contributed by atoms with Gasteiger partial charge < -0.3 is 9.80 Å². The van der Waals surface area contributed by atoms with E-state index in [1.807, 2.05) is 23.0 Å². The Labute approximate surface area is 205 Å². The summed E-state index contributed by atoms with van der Waals surface area (Å²) in [4.78, 5) is 41.1. The van der Waals surface area contributed by atoms with Crippen molar-refractivity contribution < 1.29 is 14.4 Å². The van der Waals surface area contributed by atoms with E-state index in [1.54, 1.807) is 11.1 Å². The van der Waals surface area contributed by atoms with E-state index in [1.165, 1.54) is 5.56 Å². The molecule has 8 nitrogen and oxygen atoms in total. The number of imide groups is 1. The molecule has 1 aromatic carbocycles. The maximum Gasteiger partial charge on any atom is 0.255 e. The van der Waals surface area contributed by atoms with Crippen LogP contribution in [0.3, 0.4) is 0 Å². The Bertz CT molecular complexity index is 1170. The van der Waals surface area contributed by atoms with E-state index in [-0.39, 0.29) is 24.1 Å². The molecule has 2 aromatic rings. The molecule has 0 bridgehead atoms. The molecule has 182 valence electrons. The van der Waals surface area contributed by atoms with Gasteiger partial charge in [-0.15, -0.1) is 6.42 Å². The molecule has 2 fully saturated rings. The highest BCUT2D eigenvalue weighted by Gasteiger charge is 2.39. The predicted octanol–water partition coefficient (Wildman–Crippen LogP) is 1.97. The number of hydrogen-bond acceptors (Lipinski definition) is 5. The standard InChI is InChI=1S/C27H31N5O3/c1-2-19-16-28-31(17-19)12-4-11-30-13-9-20(10-14-30)15-21-5-3-6-22-23(21)18-32(27(22)35)24-7-8-25(33)29-26(24)34/h1,3,5-6,16-17,20,24H,4,7-15,18H2,(H,29,33,34). The van der Waals surface area contributed by atoms with E-state index in [0.717, 1.165) is 63.0 Å². The summed E-state index contributed by atoms with van der Waals surface area (Å²) >= 11 is 0. The lowest BCUT2D eigenvalue weighted by Gasteiger charge is -2.32. The van der Waals surface area contributed by atoms with Crippen LogP contribution in [0.25, 0.3) is 0 Å². The quantitative estimate of drug-likeness (QED) is 0.491. The Morgan fingerprint density at radius 1 is 1.11 bits per heavy atom. The molecule has 3 aliphatic rings. The van der Waals surface area contributed by atoms with Crippen molar-refractivity contribution >= 4 is 17.7 Å². The molecule has 1 unspecified atom stereocenters. The molecule has 4 heterocycles. The predicted molar refractivity (Wildman–Crippen MR) is 130 cm³/mol. The van der Waals surface area contributed by atoms with Gasteiger partial charge >= 0.3 is 0 Å². The van der Waals surface area contributed by atoms with Crippen LogP contribution in [-0.4, -0.2) is 63.0 Å². The zero-order valence-electron chi connectivity index (χ0n) is 19.9. The fourth-order valence-corrected chi connectivity index (χ4v) is 5.58. The van der Waals surface area contributed by atoms with Gasteiger partial charge in [0.1, 0.15) is 6.04 Å². The number of aryl methyl sites for hydroxylation is 1. The van der Waals surface area contributed by atoms with Crippen molar-refractivity contribution in [2.75, 3.05) is 19.6 Å². The van der Waals surface area contributed by atoms with Gasteiger partial charge in [-0.25, -0.2) is 0 Å². The Morgan fingerprint density at radius 3 is 2.69 bits per heavy atom. The Hall–Kier alpha value is -3.44. The third-order valence-corrected chi connectivity index (χ3v) is 7.56. The molecule has 3 amide bonds. The van der Waals surface area contributed by atoms with Crippen molar-refractivity contribution in [3.05, 3.63) is 52.8 Å². The summed E-state index contributed by atoms with van der Waals surface area (Å²) in [5, 5.41) is 6.67. The minimum absolute atomic E-state index is 0.0993. The average molecular weight is 474 g/mol. The van der Waals surface area contributed by atoms with Gasteiger partial charge in [-0.05, 0) is 74.8 Å². The first-order valence-electron chi connectivity index (χ1n) is 12.5. The summed E-state index contributed by atoms with van der Waals surface area (Å²) in [6.07, 6.45) is 14.0. The lowest BCUT2D eigenvalue weighted by atomic mass is 9.87. The summed E-state index contributed by atoms with van der Waals surface area (Å²) in [6, 6.07) is 5.38.